The molecule has 1 atom stereocenters. The smallest absolute Gasteiger partial charge is 0.141 e. The molecular formula is C17H25FN4S. The van der Waals surface area contributed by atoms with Gasteiger partial charge in [-0.15, -0.1) is 0 Å². The van der Waals surface area contributed by atoms with Crippen molar-refractivity contribution in [3.63, 3.8) is 0 Å². The van der Waals surface area contributed by atoms with Crippen LogP contribution in [0.4, 0.5) is 10.2 Å². The van der Waals surface area contributed by atoms with Crippen LogP contribution in [0.2, 0.25) is 0 Å². The minimum absolute atomic E-state index is 0.225. The summed E-state index contributed by atoms with van der Waals surface area (Å²) in [5.74, 6) is 3.15. The van der Waals surface area contributed by atoms with Crippen molar-refractivity contribution in [3.8, 4) is 0 Å². The fourth-order valence-corrected chi connectivity index (χ4v) is 5.37. The van der Waals surface area contributed by atoms with Gasteiger partial charge in [-0.1, -0.05) is 0 Å². The van der Waals surface area contributed by atoms with Gasteiger partial charge in [-0.2, -0.15) is 11.8 Å². The molecule has 2 N–H and O–H groups in total. The molecule has 2 aliphatic heterocycles. The molecule has 1 unspecified atom stereocenters. The minimum atomic E-state index is -0.225. The zero-order valence-corrected chi connectivity index (χ0v) is 14.3. The third kappa shape index (κ3) is 3.21. The largest absolute Gasteiger partial charge is 0.339 e. The maximum absolute atomic E-state index is 13.7. The van der Waals surface area contributed by atoms with Crippen molar-refractivity contribution >= 4 is 17.6 Å². The van der Waals surface area contributed by atoms with E-state index in [2.05, 4.69) is 14.8 Å². The summed E-state index contributed by atoms with van der Waals surface area (Å²) in [4.78, 5) is 9.38. The second-order valence-corrected chi connectivity index (χ2v) is 8.23. The molecule has 23 heavy (non-hydrogen) atoms. The van der Waals surface area contributed by atoms with Gasteiger partial charge in [0.15, 0.2) is 0 Å². The minimum Gasteiger partial charge on any atom is -0.339 e. The average molecular weight is 336 g/mol. The second kappa shape index (κ2) is 6.57. The Kier molecular flexibility index (Phi) is 4.48. The van der Waals surface area contributed by atoms with E-state index in [1.807, 2.05) is 11.8 Å². The zero-order chi connectivity index (χ0) is 15.8. The Balaban J connectivity index is 1.59. The van der Waals surface area contributed by atoms with E-state index in [0.717, 1.165) is 56.0 Å². The number of hydrogen-bond acceptors (Lipinski definition) is 5. The summed E-state index contributed by atoms with van der Waals surface area (Å²) in [5, 5.41) is 0. The van der Waals surface area contributed by atoms with Crippen molar-refractivity contribution in [1.82, 2.24) is 9.88 Å². The molecule has 3 aliphatic rings. The van der Waals surface area contributed by atoms with Crippen molar-refractivity contribution in [1.29, 1.82) is 0 Å². The van der Waals surface area contributed by atoms with Crippen LogP contribution < -0.4 is 10.6 Å². The van der Waals surface area contributed by atoms with Crippen LogP contribution in [0, 0.1) is 5.82 Å². The third-order valence-electron chi connectivity index (χ3n) is 5.49. The quantitative estimate of drug-likeness (QED) is 0.899. The molecule has 126 valence electrons. The lowest BCUT2D eigenvalue weighted by Gasteiger charge is -2.45. The lowest BCUT2D eigenvalue weighted by Crippen LogP contribution is -2.52. The Hall–Kier alpha value is -0.850. The van der Waals surface area contributed by atoms with Crippen LogP contribution in [0.15, 0.2) is 12.3 Å². The van der Waals surface area contributed by atoms with Crippen molar-refractivity contribution in [3.05, 3.63) is 23.6 Å². The fraction of sp³-hybridized carbons (Fsp3) is 0.706. The molecule has 1 aliphatic carbocycles. The highest BCUT2D eigenvalue weighted by Gasteiger charge is 2.34. The van der Waals surface area contributed by atoms with E-state index >= 15 is 0 Å². The van der Waals surface area contributed by atoms with Gasteiger partial charge in [0.2, 0.25) is 0 Å². The van der Waals surface area contributed by atoms with E-state index in [0.29, 0.717) is 18.1 Å². The maximum atomic E-state index is 13.7. The molecule has 1 aromatic rings. The second-order valence-electron chi connectivity index (χ2n) is 7.08. The Morgan fingerprint density at radius 2 is 2.00 bits per heavy atom. The van der Waals surface area contributed by atoms with E-state index in [1.165, 1.54) is 18.4 Å². The van der Waals surface area contributed by atoms with E-state index < -0.39 is 0 Å². The van der Waals surface area contributed by atoms with Crippen LogP contribution in [-0.4, -0.2) is 46.2 Å². The number of pyridine rings is 1. The highest BCUT2D eigenvalue weighted by Crippen LogP contribution is 2.35. The van der Waals surface area contributed by atoms with Crippen molar-refractivity contribution in [2.45, 2.75) is 56.8 Å². The normalized spacial score (nSPS) is 32.1. The topological polar surface area (TPSA) is 45.4 Å². The van der Waals surface area contributed by atoms with Crippen LogP contribution in [0.1, 0.15) is 37.7 Å². The van der Waals surface area contributed by atoms with E-state index in [-0.39, 0.29) is 5.82 Å². The number of hydrogen-bond donors (Lipinski definition) is 1. The summed E-state index contributed by atoms with van der Waals surface area (Å²) in [6, 6.07) is 3.15. The van der Waals surface area contributed by atoms with Gasteiger partial charge < -0.3 is 10.6 Å². The summed E-state index contributed by atoms with van der Waals surface area (Å²) < 4.78 is 13.7. The molecule has 4 rings (SSSR count). The number of nitrogens with two attached hydrogens (primary N) is 1. The highest BCUT2D eigenvalue weighted by atomic mass is 32.2. The van der Waals surface area contributed by atoms with Crippen LogP contribution in [0.5, 0.6) is 0 Å². The number of halogens is 1. The predicted octanol–water partition coefficient (Wildman–Crippen LogP) is 2.58. The number of thioether (sulfide) groups is 1. The van der Waals surface area contributed by atoms with Gasteiger partial charge in [0.05, 0.1) is 12.9 Å². The monoisotopic (exact) mass is 336 g/mol. The molecular weight excluding hydrogens is 311 g/mol. The Morgan fingerprint density at radius 3 is 2.74 bits per heavy atom. The van der Waals surface area contributed by atoms with Gasteiger partial charge in [0.1, 0.15) is 11.6 Å². The molecule has 0 bridgehead atoms. The molecule has 0 aromatic carbocycles. The first-order valence-corrected chi connectivity index (χ1v) is 9.84. The van der Waals surface area contributed by atoms with Crippen molar-refractivity contribution in [2.24, 2.45) is 5.73 Å². The molecule has 4 nitrogen and oxygen atoms in total. The van der Waals surface area contributed by atoms with Gasteiger partial charge in [-0.05, 0) is 43.9 Å². The van der Waals surface area contributed by atoms with Crippen LogP contribution >= 0.6 is 11.8 Å². The molecule has 2 fully saturated rings. The average Bonchev–Trinajstić information content (AvgIpc) is 3.08. The number of fused-ring (bicyclic) bond motifs is 1. The van der Waals surface area contributed by atoms with Gasteiger partial charge in [0, 0.05) is 36.0 Å². The summed E-state index contributed by atoms with van der Waals surface area (Å²) in [6.45, 7) is 1.74. The van der Waals surface area contributed by atoms with E-state index in [1.54, 1.807) is 6.07 Å². The first-order chi connectivity index (χ1) is 11.2. The molecule has 3 heterocycles. The Labute approximate surface area is 141 Å². The van der Waals surface area contributed by atoms with Crippen LogP contribution in [-0.2, 0) is 6.54 Å². The lowest BCUT2D eigenvalue weighted by molar-refractivity contribution is 0.131. The first kappa shape index (κ1) is 15.7. The molecule has 0 spiro atoms. The number of nitrogens with zero attached hydrogens (tertiary/aromatic N) is 3. The molecule has 1 aromatic heterocycles. The summed E-state index contributed by atoms with van der Waals surface area (Å²) in [5.41, 5.74) is 7.10. The number of anilines is 1. The van der Waals surface area contributed by atoms with E-state index in [9.17, 15) is 4.39 Å². The van der Waals surface area contributed by atoms with Crippen LogP contribution in [0.25, 0.3) is 0 Å². The molecule has 6 heteroatoms. The SMILES string of the molecule is NC1CCC(N2Cc3cc(F)cnc3N(C3CCSC3)C2)CC1. The summed E-state index contributed by atoms with van der Waals surface area (Å²) in [7, 11) is 0. The maximum Gasteiger partial charge on any atom is 0.141 e. The molecule has 0 radical (unpaired) electrons. The Bertz CT molecular complexity index is 556. The van der Waals surface area contributed by atoms with E-state index in [4.69, 9.17) is 5.73 Å². The summed E-state index contributed by atoms with van der Waals surface area (Å²) in [6.07, 6.45) is 7.10. The highest BCUT2D eigenvalue weighted by molar-refractivity contribution is 7.99. The number of aromatic nitrogens is 1. The molecule has 0 amide bonds. The molecule has 1 saturated carbocycles. The standard InChI is InChI=1S/C17H25FN4S/c18-13-7-12-9-21(15-3-1-14(19)2-4-15)11-22(17(12)20-8-13)16-5-6-23-10-16/h7-8,14-16H,1-6,9-11,19H2. The summed E-state index contributed by atoms with van der Waals surface area (Å²) >= 11 is 2.01. The molecule has 1 saturated heterocycles. The predicted molar refractivity (Wildman–Crippen MR) is 93.0 cm³/mol. The first-order valence-electron chi connectivity index (χ1n) is 8.69. The van der Waals surface area contributed by atoms with Crippen molar-refractivity contribution < 1.29 is 4.39 Å². The van der Waals surface area contributed by atoms with Crippen molar-refractivity contribution in [2.75, 3.05) is 23.1 Å². The lowest BCUT2D eigenvalue weighted by atomic mass is 9.90. The Morgan fingerprint density at radius 1 is 1.17 bits per heavy atom. The van der Waals surface area contributed by atoms with Gasteiger partial charge in [-0.25, -0.2) is 9.37 Å². The van der Waals surface area contributed by atoms with Gasteiger partial charge >= 0.3 is 0 Å². The third-order valence-corrected chi connectivity index (χ3v) is 6.64. The van der Waals surface area contributed by atoms with Gasteiger partial charge in [0.25, 0.3) is 0 Å². The van der Waals surface area contributed by atoms with Gasteiger partial charge in [-0.3, -0.25) is 4.90 Å². The van der Waals surface area contributed by atoms with Crippen LogP contribution in [0.3, 0.4) is 0 Å². The fourth-order valence-electron chi connectivity index (χ4n) is 4.15. The number of rotatable bonds is 2. The zero-order valence-electron chi connectivity index (χ0n) is 13.5.